The molecule has 3 rings (SSSR count). The monoisotopic (exact) mass is 375 g/mol. The summed E-state index contributed by atoms with van der Waals surface area (Å²) < 4.78 is 6.97. The summed E-state index contributed by atoms with van der Waals surface area (Å²) >= 11 is 3.53. The lowest BCUT2D eigenvalue weighted by molar-refractivity contribution is 0.201. The number of amides is 1. The van der Waals surface area contributed by atoms with Crippen LogP contribution in [0.25, 0.3) is 0 Å². The molecule has 0 fully saturated rings. The van der Waals surface area contributed by atoms with Crippen LogP contribution in [0.15, 0.2) is 40.9 Å². The maximum absolute atomic E-state index is 11.3. The Morgan fingerprint density at radius 2 is 2.17 bits per heavy atom. The quantitative estimate of drug-likeness (QED) is 0.840. The molecule has 0 aromatic heterocycles. The summed E-state index contributed by atoms with van der Waals surface area (Å²) in [4.78, 5) is 12.7. The lowest BCUT2D eigenvalue weighted by Gasteiger charge is -2.27. The number of fused-ring (bicyclic) bond motifs is 1. The molecule has 0 radical (unpaired) electrons. The number of anilines is 1. The maximum atomic E-state index is 11.3. The molecule has 0 bridgehead atoms. The van der Waals surface area contributed by atoms with Gasteiger partial charge < -0.3 is 9.84 Å². The van der Waals surface area contributed by atoms with E-state index in [4.69, 9.17) is 4.74 Å². The van der Waals surface area contributed by atoms with Crippen molar-refractivity contribution < 1.29 is 14.6 Å². The highest BCUT2D eigenvalue weighted by atomic mass is 79.9. The van der Waals surface area contributed by atoms with E-state index in [0.29, 0.717) is 13.2 Å². The fourth-order valence-corrected chi connectivity index (χ4v) is 3.24. The second-order valence-electron chi connectivity index (χ2n) is 5.64. The molecule has 0 spiro atoms. The summed E-state index contributed by atoms with van der Waals surface area (Å²) in [7, 11) is 0. The van der Waals surface area contributed by atoms with Crippen LogP contribution in [0.1, 0.15) is 23.1 Å². The summed E-state index contributed by atoms with van der Waals surface area (Å²) in [5, 5.41) is 9.25. The van der Waals surface area contributed by atoms with E-state index >= 15 is 0 Å². The van der Waals surface area contributed by atoms with Crippen molar-refractivity contribution >= 4 is 27.7 Å². The fourth-order valence-electron chi connectivity index (χ4n) is 2.83. The van der Waals surface area contributed by atoms with Gasteiger partial charge in [-0.1, -0.05) is 28.1 Å². The van der Waals surface area contributed by atoms with Crippen molar-refractivity contribution in [3.8, 4) is 5.75 Å². The Balaban J connectivity index is 1.77. The summed E-state index contributed by atoms with van der Waals surface area (Å²) in [5.41, 5.74) is 4.10. The maximum Gasteiger partial charge on any atom is 0.411 e. The lowest BCUT2D eigenvalue weighted by Crippen LogP contribution is -2.34. The van der Waals surface area contributed by atoms with Crippen LogP contribution >= 0.6 is 15.9 Å². The summed E-state index contributed by atoms with van der Waals surface area (Å²) in [6.07, 6.45) is 0.823. The third-order valence-electron chi connectivity index (χ3n) is 4.17. The normalized spacial score (nSPS) is 13.6. The number of hydrogen-bond donors (Lipinski definition) is 1. The minimum atomic E-state index is -0.899. The van der Waals surface area contributed by atoms with Crippen LogP contribution < -0.4 is 9.64 Å². The Bertz CT molecular complexity index is 745. The number of halogens is 1. The average molecular weight is 376 g/mol. The van der Waals surface area contributed by atoms with Gasteiger partial charge in [-0.25, -0.2) is 4.79 Å². The number of rotatable bonds is 3. The Kier molecular flexibility index (Phi) is 4.57. The molecule has 1 N–H and O–H groups in total. The minimum Gasteiger partial charge on any atom is -0.489 e. The first kappa shape index (κ1) is 15.9. The summed E-state index contributed by atoms with van der Waals surface area (Å²) in [6, 6.07) is 11.7. The number of benzene rings is 2. The topological polar surface area (TPSA) is 49.8 Å². The van der Waals surface area contributed by atoms with Crippen molar-refractivity contribution in [1.29, 1.82) is 0 Å². The largest absolute Gasteiger partial charge is 0.489 e. The number of ether oxygens (including phenoxy) is 1. The first-order chi connectivity index (χ1) is 11.1. The second kappa shape index (κ2) is 6.62. The molecule has 1 aliphatic heterocycles. The second-order valence-corrected chi connectivity index (χ2v) is 6.50. The Labute approximate surface area is 143 Å². The van der Waals surface area contributed by atoms with Crippen LogP contribution in [0.3, 0.4) is 0 Å². The van der Waals surface area contributed by atoms with E-state index in [-0.39, 0.29) is 0 Å². The molecule has 0 unspecified atom stereocenters. The standard InChI is InChI=1S/C18H18BrNO3/c1-12-14(4-2-6-16(12)19)11-23-15-7-8-17-13(10-15)5-3-9-20(17)18(21)22/h2,4,6-8,10H,3,5,9,11H2,1H3,(H,21,22). The lowest BCUT2D eigenvalue weighted by atomic mass is 10.0. The molecule has 2 aromatic carbocycles. The Hall–Kier alpha value is -2.01. The molecule has 1 aliphatic rings. The summed E-state index contributed by atoms with van der Waals surface area (Å²) in [5.74, 6) is 0.773. The molecule has 0 saturated carbocycles. The number of carboxylic acid groups (broad SMARTS) is 1. The van der Waals surface area contributed by atoms with Gasteiger partial charge in [0.15, 0.2) is 0 Å². The number of carbonyl (C=O) groups is 1. The van der Waals surface area contributed by atoms with Gasteiger partial charge in [0.05, 0.1) is 5.69 Å². The highest BCUT2D eigenvalue weighted by Gasteiger charge is 2.22. The van der Waals surface area contributed by atoms with Gasteiger partial charge in [-0.15, -0.1) is 0 Å². The van der Waals surface area contributed by atoms with Gasteiger partial charge in [-0.05, 0) is 60.7 Å². The van der Waals surface area contributed by atoms with Crippen LogP contribution in [0.2, 0.25) is 0 Å². The smallest absolute Gasteiger partial charge is 0.411 e. The first-order valence-corrected chi connectivity index (χ1v) is 8.36. The molecule has 1 heterocycles. The predicted molar refractivity (Wildman–Crippen MR) is 93.3 cm³/mol. The highest BCUT2D eigenvalue weighted by Crippen LogP contribution is 2.31. The van der Waals surface area contributed by atoms with E-state index in [1.807, 2.05) is 36.4 Å². The molecule has 2 aromatic rings. The van der Waals surface area contributed by atoms with Crippen molar-refractivity contribution in [2.45, 2.75) is 26.4 Å². The van der Waals surface area contributed by atoms with Crippen molar-refractivity contribution in [3.63, 3.8) is 0 Å². The van der Waals surface area contributed by atoms with E-state index < -0.39 is 6.09 Å². The van der Waals surface area contributed by atoms with Crippen molar-refractivity contribution in [3.05, 3.63) is 57.6 Å². The van der Waals surface area contributed by atoms with Crippen LogP contribution in [-0.4, -0.2) is 17.7 Å². The summed E-state index contributed by atoms with van der Waals surface area (Å²) in [6.45, 7) is 3.10. The van der Waals surface area contributed by atoms with E-state index in [2.05, 4.69) is 22.9 Å². The molecular weight excluding hydrogens is 358 g/mol. The number of hydrogen-bond acceptors (Lipinski definition) is 2. The third kappa shape index (κ3) is 3.34. The van der Waals surface area contributed by atoms with E-state index in [1.165, 1.54) is 10.5 Å². The highest BCUT2D eigenvalue weighted by molar-refractivity contribution is 9.10. The molecular formula is C18H18BrNO3. The Morgan fingerprint density at radius 3 is 2.96 bits per heavy atom. The molecule has 0 aliphatic carbocycles. The molecule has 4 nitrogen and oxygen atoms in total. The fraction of sp³-hybridized carbons (Fsp3) is 0.278. The molecule has 0 saturated heterocycles. The molecule has 1 amide bonds. The van der Waals surface area contributed by atoms with Crippen molar-refractivity contribution in [2.24, 2.45) is 0 Å². The first-order valence-electron chi connectivity index (χ1n) is 7.56. The van der Waals surface area contributed by atoms with Gasteiger partial charge >= 0.3 is 6.09 Å². The number of nitrogens with zero attached hydrogens (tertiary/aromatic N) is 1. The van der Waals surface area contributed by atoms with Gasteiger partial charge in [0, 0.05) is 11.0 Å². The van der Waals surface area contributed by atoms with Crippen LogP contribution in [0, 0.1) is 6.92 Å². The molecule has 23 heavy (non-hydrogen) atoms. The zero-order valence-electron chi connectivity index (χ0n) is 12.9. The molecule has 5 heteroatoms. The van der Waals surface area contributed by atoms with Gasteiger partial charge in [0.25, 0.3) is 0 Å². The van der Waals surface area contributed by atoms with Gasteiger partial charge in [0.1, 0.15) is 12.4 Å². The van der Waals surface area contributed by atoms with Crippen LogP contribution in [-0.2, 0) is 13.0 Å². The van der Waals surface area contributed by atoms with Gasteiger partial charge in [-0.3, -0.25) is 4.90 Å². The predicted octanol–water partition coefficient (Wildman–Crippen LogP) is 4.77. The van der Waals surface area contributed by atoms with Crippen molar-refractivity contribution in [1.82, 2.24) is 0 Å². The zero-order valence-corrected chi connectivity index (χ0v) is 14.5. The molecule has 120 valence electrons. The van der Waals surface area contributed by atoms with E-state index in [0.717, 1.165) is 39.9 Å². The minimum absolute atomic E-state index is 0.493. The zero-order chi connectivity index (χ0) is 16.4. The van der Waals surface area contributed by atoms with Crippen LogP contribution in [0.4, 0.5) is 10.5 Å². The molecule has 0 atom stereocenters. The van der Waals surface area contributed by atoms with Crippen LogP contribution in [0.5, 0.6) is 5.75 Å². The number of aryl methyl sites for hydroxylation is 1. The van der Waals surface area contributed by atoms with Gasteiger partial charge in [-0.2, -0.15) is 0 Å². The third-order valence-corrected chi connectivity index (χ3v) is 5.03. The van der Waals surface area contributed by atoms with E-state index in [9.17, 15) is 9.90 Å². The Morgan fingerprint density at radius 1 is 1.35 bits per heavy atom. The van der Waals surface area contributed by atoms with Gasteiger partial charge in [0.2, 0.25) is 0 Å². The van der Waals surface area contributed by atoms with Crippen molar-refractivity contribution in [2.75, 3.05) is 11.4 Å². The average Bonchev–Trinajstić information content (AvgIpc) is 2.55. The van der Waals surface area contributed by atoms with E-state index in [1.54, 1.807) is 0 Å². The SMILES string of the molecule is Cc1c(Br)cccc1COc1ccc2c(c1)CCCN2C(=O)O.